The van der Waals surface area contributed by atoms with Crippen LogP contribution in [0.1, 0.15) is 0 Å². The van der Waals surface area contributed by atoms with E-state index in [0.29, 0.717) is 23.5 Å². The molecule has 0 saturated carbocycles. The molecule has 36 heavy (non-hydrogen) atoms. The van der Waals surface area contributed by atoms with E-state index < -0.39 is 88.8 Å². The third-order valence-corrected chi connectivity index (χ3v) is 7.53. The van der Waals surface area contributed by atoms with Crippen molar-refractivity contribution < 1.29 is 26.3 Å². The van der Waals surface area contributed by atoms with E-state index >= 15 is 26.3 Å². The third-order valence-electron chi connectivity index (χ3n) is 5.33. The second kappa shape index (κ2) is 8.03. The number of hydrogen-bond acceptors (Lipinski definition) is 8. The molecule has 0 atom stereocenters. The standard InChI is InChI=1S/C22H2F6N6S2/c23-11-7-9(15(27)19-17(13(7)25)33-21(35-19)5(1-29)2-30)12(24)8-10(11)16(28)20-18(14(8)26)34-22(36-20)6(3-31)4-32/h33-34H. The van der Waals surface area contributed by atoms with Crippen molar-refractivity contribution in [1.29, 1.82) is 21.0 Å². The lowest BCUT2D eigenvalue weighted by atomic mass is 9.98. The summed E-state index contributed by atoms with van der Waals surface area (Å²) >= 11 is 0.747. The minimum Gasteiger partial charge on any atom is -0.345 e. The molecule has 5 rings (SSSR count). The lowest BCUT2D eigenvalue weighted by Gasteiger charge is -2.15. The van der Waals surface area contributed by atoms with Crippen molar-refractivity contribution in [3.05, 3.63) is 56.1 Å². The number of allylic oxidation sites excluding steroid dienone is 2. The molecule has 3 aromatic rings. The summed E-state index contributed by atoms with van der Waals surface area (Å²) in [5.41, 5.74) is -2.53. The monoisotopic (exact) mass is 528 g/mol. The average Bonchev–Trinajstić information content (AvgIpc) is 3.50. The maximum atomic E-state index is 15.6. The van der Waals surface area contributed by atoms with Crippen molar-refractivity contribution in [2.24, 2.45) is 0 Å². The van der Waals surface area contributed by atoms with Gasteiger partial charge in [0.05, 0.1) is 42.7 Å². The highest BCUT2D eigenvalue weighted by atomic mass is 32.2. The number of halogens is 6. The van der Waals surface area contributed by atoms with Gasteiger partial charge in [-0.25, -0.2) is 26.3 Å². The van der Waals surface area contributed by atoms with Gasteiger partial charge in [-0.3, -0.25) is 0 Å². The van der Waals surface area contributed by atoms with Crippen LogP contribution in [0.2, 0.25) is 0 Å². The van der Waals surface area contributed by atoms with Crippen LogP contribution >= 0.6 is 23.5 Å². The Morgan fingerprint density at radius 2 is 0.806 bits per heavy atom. The van der Waals surface area contributed by atoms with Crippen LogP contribution in [0, 0.1) is 80.2 Å². The van der Waals surface area contributed by atoms with E-state index in [4.69, 9.17) is 21.0 Å². The fourth-order valence-electron chi connectivity index (χ4n) is 3.79. The second-order valence-electron chi connectivity index (χ2n) is 7.10. The first-order valence-electron chi connectivity index (χ1n) is 9.34. The maximum Gasteiger partial charge on any atom is 0.160 e. The van der Waals surface area contributed by atoms with E-state index in [1.165, 1.54) is 24.3 Å². The highest BCUT2D eigenvalue weighted by Crippen LogP contribution is 2.53. The number of hydrogen-bond donors (Lipinski definition) is 2. The number of thioether (sulfide) groups is 2. The van der Waals surface area contributed by atoms with Gasteiger partial charge >= 0.3 is 0 Å². The van der Waals surface area contributed by atoms with Crippen LogP contribution in [0.3, 0.4) is 0 Å². The van der Waals surface area contributed by atoms with Crippen LogP contribution in [0.5, 0.6) is 0 Å². The SMILES string of the molecule is N#CC(C#N)=C1Nc2c(c(F)c3c(F)c4c(F)c5c(c(F)c4c(F)c3c2F)SC(=C(C#N)C#N)N5)S1. The number of anilines is 2. The Labute approximate surface area is 204 Å². The van der Waals surface area contributed by atoms with Gasteiger partial charge in [-0.05, 0) is 0 Å². The van der Waals surface area contributed by atoms with Crippen molar-refractivity contribution >= 4 is 56.4 Å². The molecule has 2 N–H and O–H groups in total. The smallest absolute Gasteiger partial charge is 0.160 e. The summed E-state index contributed by atoms with van der Waals surface area (Å²) in [4.78, 5) is -1.24. The van der Waals surface area contributed by atoms with Crippen molar-refractivity contribution in [3.8, 4) is 24.3 Å². The molecule has 0 aromatic heterocycles. The molecule has 2 aliphatic heterocycles. The molecular weight excluding hydrogens is 526 g/mol. The summed E-state index contributed by atoms with van der Waals surface area (Å²) in [5, 5.41) is 34.8. The number of fused-ring (bicyclic) bond motifs is 4. The Morgan fingerprint density at radius 1 is 0.500 bits per heavy atom. The Morgan fingerprint density at radius 3 is 1.11 bits per heavy atom. The van der Waals surface area contributed by atoms with E-state index in [1.807, 2.05) is 0 Å². The molecule has 3 aromatic carbocycles. The summed E-state index contributed by atoms with van der Waals surface area (Å²) in [6, 6.07) is 6.03. The Balaban J connectivity index is 1.91. The molecule has 0 amide bonds. The zero-order valence-corrected chi connectivity index (χ0v) is 18.5. The summed E-state index contributed by atoms with van der Waals surface area (Å²) in [5.74, 6) is -9.77. The number of benzene rings is 3. The van der Waals surface area contributed by atoms with Gasteiger partial charge < -0.3 is 10.6 Å². The van der Waals surface area contributed by atoms with Crippen molar-refractivity contribution in [1.82, 2.24) is 0 Å². The zero-order valence-electron chi connectivity index (χ0n) is 16.9. The Bertz CT molecular complexity index is 1590. The first-order valence-corrected chi connectivity index (χ1v) is 11.0. The Hall–Kier alpha value is -4.50. The molecule has 14 heteroatoms. The molecule has 2 aliphatic rings. The summed E-state index contributed by atoms with van der Waals surface area (Å²) < 4.78 is 92.7. The molecule has 0 radical (unpaired) electrons. The fourth-order valence-corrected chi connectivity index (χ4v) is 5.76. The Kier molecular flexibility index (Phi) is 5.19. The maximum absolute atomic E-state index is 15.6. The van der Waals surface area contributed by atoms with Gasteiger partial charge in [0, 0.05) is 0 Å². The molecule has 6 nitrogen and oxygen atoms in total. The van der Waals surface area contributed by atoms with Crippen LogP contribution in [0.15, 0.2) is 31.0 Å². The molecule has 0 unspecified atom stereocenters. The van der Waals surface area contributed by atoms with Crippen LogP contribution in [-0.4, -0.2) is 0 Å². The quantitative estimate of drug-likeness (QED) is 0.196. The molecule has 174 valence electrons. The highest BCUT2D eigenvalue weighted by Gasteiger charge is 2.37. The average molecular weight is 528 g/mol. The molecule has 0 aliphatic carbocycles. The topological polar surface area (TPSA) is 119 Å². The molecule has 0 fully saturated rings. The van der Waals surface area contributed by atoms with Gasteiger partial charge in [-0.1, -0.05) is 23.5 Å². The van der Waals surface area contributed by atoms with E-state index in [-0.39, 0.29) is 10.1 Å². The van der Waals surface area contributed by atoms with Gasteiger partial charge in [0.1, 0.15) is 57.6 Å². The largest absolute Gasteiger partial charge is 0.345 e. The summed E-state index contributed by atoms with van der Waals surface area (Å²) in [7, 11) is 0. The summed E-state index contributed by atoms with van der Waals surface area (Å²) in [6.45, 7) is 0. The number of rotatable bonds is 0. The number of nitrogens with zero attached hydrogens (tertiary/aromatic N) is 4. The van der Waals surface area contributed by atoms with E-state index in [9.17, 15) is 0 Å². The second-order valence-corrected chi connectivity index (χ2v) is 9.14. The first-order chi connectivity index (χ1) is 17.2. The zero-order chi connectivity index (χ0) is 26.0. The number of nitriles is 4. The summed E-state index contributed by atoms with van der Waals surface area (Å²) in [6.07, 6.45) is 0. The van der Waals surface area contributed by atoms with Crippen LogP contribution in [0.25, 0.3) is 21.5 Å². The van der Waals surface area contributed by atoms with Crippen molar-refractivity contribution in [2.45, 2.75) is 9.79 Å². The highest BCUT2D eigenvalue weighted by molar-refractivity contribution is 8.04. The van der Waals surface area contributed by atoms with Gasteiger partial charge in [-0.15, -0.1) is 0 Å². The van der Waals surface area contributed by atoms with Gasteiger partial charge in [0.15, 0.2) is 22.8 Å². The number of nitrogens with one attached hydrogen (secondary N) is 2. The lowest BCUT2D eigenvalue weighted by molar-refractivity contribution is 0.559. The molecule has 0 spiro atoms. The molecular formula is C22H2F6N6S2. The molecule has 0 bridgehead atoms. The molecule has 0 saturated heterocycles. The van der Waals surface area contributed by atoms with Crippen LogP contribution < -0.4 is 10.6 Å². The van der Waals surface area contributed by atoms with Crippen molar-refractivity contribution in [3.63, 3.8) is 0 Å². The minimum atomic E-state index is -1.80. The predicted molar refractivity (Wildman–Crippen MR) is 117 cm³/mol. The lowest BCUT2D eigenvalue weighted by Crippen LogP contribution is -2.04. The molecule has 2 heterocycles. The van der Waals surface area contributed by atoms with E-state index in [2.05, 4.69) is 10.6 Å². The third kappa shape index (κ3) is 2.86. The van der Waals surface area contributed by atoms with Gasteiger partial charge in [0.25, 0.3) is 0 Å². The first kappa shape index (κ1) is 23.3. The predicted octanol–water partition coefficient (Wildman–Crippen LogP) is 6.38. The normalized spacial score (nSPS) is 13.3. The van der Waals surface area contributed by atoms with Gasteiger partial charge in [-0.2, -0.15) is 21.0 Å². The van der Waals surface area contributed by atoms with Crippen LogP contribution in [0.4, 0.5) is 37.7 Å². The van der Waals surface area contributed by atoms with E-state index in [1.54, 1.807) is 0 Å². The van der Waals surface area contributed by atoms with Crippen LogP contribution in [-0.2, 0) is 0 Å². The van der Waals surface area contributed by atoms with Crippen molar-refractivity contribution in [2.75, 3.05) is 10.6 Å². The minimum absolute atomic E-state index is 0.296. The van der Waals surface area contributed by atoms with E-state index in [0.717, 1.165) is 0 Å². The fraction of sp³-hybridized carbons (Fsp3) is 0. The van der Waals surface area contributed by atoms with Gasteiger partial charge in [0.2, 0.25) is 0 Å².